The minimum atomic E-state index is 1.02. The summed E-state index contributed by atoms with van der Waals surface area (Å²) in [5, 5.41) is 3.39. The lowest BCUT2D eigenvalue weighted by Crippen LogP contribution is -2.43. The summed E-state index contributed by atoms with van der Waals surface area (Å²) in [5.41, 5.74) is 2.69. The summed E-state index contributed by atoms with van der Waals surface area (Å²) < 4.78 is 1.21. The average Bonchev–Trinajstić information content (AvgIpc) is 2.33. The van der Waals surface area contributed by atoms with E-state index in [4.69, 9.17) is 0 Å². The van der Waals surface area contributed by atoms with Crippen molar-refractivity contribution in [2.75, 3.05) is 45.2 Å². The van der Waals surface area contributed by atoms with Crippen molar-refractivity contribution < 1.29 is 0 Å². The first-order chi connectivity index (χ1) is 8.18. The van der Waals surface area contributed by atoms with E-state index in [9.17, 15) is 0 Å². The van der Waals surface area contributed by atoms with Crippen LogP contribution in [0.25, 0.3) is 0 Å². The number of nitrogens with one attached hydrogen (secondary N) is 1. The molecule has 0 saturated carbocycles. The summed E-state index contributed by atoms with van der Waals surface area (Å²) in [6.07, 6.45) is 0. The van der Waals surface area contributed by atoms with Gasteiger partial charge < -0.3 is 10.2 Å². The first-order valence-electron chi connectivity index (χ1n) is 6.06. The van der Waals surface area contributed by atoms with Crippen LogP contribution in [0.2, 0.25) is 0 Å². The van der Waals surface area contributed by atoms with Gasteiger partial charge in [-0.1, -0.05) is 22.0 Å². The first-order valence-corrected chi connectivity index (χ1v) is 6.85. The Hall–Kier alpha value is -0.580. The maximum absolute atomic E-state index is 3.67. The van der Waals surface area contributed by atoms with Crippen LogP contribution in [0.5, 0.6) is 0 Å². The molecule has 94 valence electrons. The second-order valence-electron chi connectivity index (χ2n) is 4.66. The van der Waals surface area contributed by atoms with E-state index >= 15 is 0 Å². The first kappa shape index (κ1) is 12.9. The van der Waals surface area contributed by atoms with Gasteiger partial charge in [0.05, 0.1) is 0 Å². The topological polar surface area (TPSA) is 18.5 Å². The van der Waals surface area contributed by atoms with Gasteiger partial charge in [0.2, 0.25) is 0 Å². The summed E-state index contributed by atoms with van der Waals surface area (Å²) in [7, 11) is 4.20. The number of piperazine rings is 1. The third-order valence-corrected chi connectivity index (χ3v) is 3.91. The Morgan fingerprint density at radius 1 is 1.29 bits per heavy atom. The van der Waals surface area contributed by atoms with Gasteiger partial charge >= 0.3 is 0 Å². The van der Waals surface area contributed by atoms with E-state index in [0.29, 0.717) is 0 Å². The minimum Gasteiger partial charge on any atom is -0.377 e. The lowest BCUT2D eigenvalue weighted by Gasteiger charge is -2.29. The molecule has 1 saturated heterocycles. The molecule has 1 N–H and O–H groups in total. The van der Waals surface area contributed by atoms with E-state index in [2.05, 4.69) is 63.3 Å². The smallest absolute Gasteiger partial charge is 0.0418 e. The summed E-state index contributed by atoms with van der Waals surface area (Å²) in [6.45, 7) is 5.49. The highest BCUT2D eigenvalue weighted by Gasteiger charge is 2.14. The number of anilines is 1. The SMILES string of the molecule is CN(C)c1cccc(Br)c1CN1CCNCC1. The van der Waals surface area contributed by atoms with E-state index in [1.807, 2.05) is 0 Å². The van der Waals surface area contributed by atoms with Crippen molar-refractivity contribution in [1.82, 2.24) is 10.2 Å². The molecule has 0 unspecified atom stereocenters. The van der Waals surface area contributed by atoms with E-state index < -0.39 is 0 Å². The third-order valence-electron chi connectivity index (χ3n) is 3.17. The fraction of sp³-hybridized carbons (Fsp3) is 0.538. The lowest BCUT2D eigenvalue weighted by atomic mass is 10.1. The Morgan fingerprint density at radius 3 is 2.65 bits per heavy atom. The van der Waals surface area contributed by atoms with Crippen LogP contribution >= 0.6 is 15.9 Å². The molecule has 2 rings (SSSR count). The predicted octanol–water partition coefficient (Wildman–Crippen LogP) is 1.92. The van der Waals surface area contributed by atoms with Crippen molar-refractivity contribution in [3.63, 3.8) is 0 Å². The molecule has 0 bridgehead atoms. The number of hydrogen-bond acceptors (Lipinski definition) is 3. The van der Waals surface area contributed by atoms with Gasteiger partial charge in [0, 0.05) is 62.5 Å². The van der Waals surface area contributed by atoms with Crippen LogP contribution in [0.4, 0.5) is 5.69 Å². The van der Waals surface area contributed by atoms with Crippen molar-refractivity contribution in [2.24, 2.45) is 0 Å². The van der Waals surface area contributed by atoms with Crippen LogP contribution in [0.1, 0.15) is 5.56 Å². The Bertz CT molecular complexity index is 373. The fourth-order valence-corrected chi connectivity index (χ4v) is 2.70. The predicted molar refractivity (Wildman–Crippen MR) is 76.6 cm³/mol. The number of benzene rings is 1. The van der Waals surface area contributed by atoms with Crippen LogP contribution in [0.15, 0.2) is 22.7 Å². The largest absolute Gasteiger partial charge is 0.377 e. The van der Waals surface area contributed by atoms with Crippen LogP contribution in [0, 0.1) is 0 Å². The molecule has 0 radical (unpaired) electrons. The second-order valence-corrected chi connectivity index (χ2v) is 5.51. The second kappa shape index (κ2) is 5.85. The van der Waals surface area contributed by atoms with Crippen molar-refractivity contribution in [3.05, 3.63) is 28.2 Å². The van der Waals surface area contributed by atoms with E-state index in [0.717, 1.165) is 32.7 Å². The molecule has 1 heterocycles. The number of nitrogens with zero attached hydrogens (tertiary/aromatic N) is 2. The highest BCUT2D eigenvalue weighted by atomic mass is 79.9. The zero-order valence-corrected chi connectivity index (χ0v) is 12.1. The summed E-state index contributed by atoms with van der Waals surface area (Å²) in [4.78, 5) is 4.69. The Kier molecular flexibility index (Phi) is 4.42. The number of rotatable bonds is 3. The van der Waals surface area contributed by atoms with E-state index in [1.54, 1.807) is 0 Å². The van der Waals surface area contributed by atoms with Crippen molar-refractivity contribution in [2.45, 2.75) is 6.54 Å². The molecule has 1 aliphatic rings. The van der Waals surface area contributed by atoms with Gasteiger partial charge in [-0.15, -0.1) is 0 Å². The quantitative estimate of drug-likeness (QED) is 0.920. The number of hydrogen-bond donors (Lipinski definition) is 1. The fourth-order valence-electron chi connectivity index (χ4n) is 2.22. The normalized spacial score (nSPS) is 17.1. The number of halogens is 1. The van der Waals surface area contributed by atoms with Crippen molar-refractivity contribution >= 4 is 21.6 Å². The van der Waals surface area contributed by atoms with Crippen LogP contribution < -0.4 is 10.2 Å². The van der Waals surface area contributed by atoms with E-state index in [-0.39, 0.29) is 0 Å². The van der Waals surface area contributed by atoms with Gasteiger partial charge in [-0.05, 0) is 12.1 Å². The highest BCUT2D eigenvalue weighted by molar-refractivity contribution is 9.10. The molecule has 0 aromatic heterocycles. The molecular weight excluding hydrogens is 278 g/mol. The molecule has 3 nitrogen and oxygen atoms in total. The molecule has 0 atom stereocenters. The Balaban J connectivity index is 2.18. The molecule has 1 aliphatic heterocycles. The maximum atomic E-state index is 3.67. The van der Waals surface area contributed by atoms with Crippen LogP contribution in [-0.4, -0.2) is 45.2 Å². The molecule has 1 aromatic carbocycles. The molecule has 1 aromatic rings. The third kappa shape index (κ3) is 3.21. The van der Waals surface area contributed by atoms with Gasteiger partial charge in [-0.2, -0.15) is 0 Å². The van der Waals surface area contributed by atoms with E-state index in [1.165, 1.54) is 15.7 Å². The van der Waals surface area contributed by atoms with Crippen LogP contribution in [-0.2, 0) is 6.54 Å². The summed E-state index contributed by atoms with van der Waals surface area (Å²) in [5.74, 6) is 0. The molecule has 1 fully saturated rings. The molecule has 0 amide bonds. The zero-order valence-electron chi connectivity index (χ0n) is 10.5. The Labute approximate surface area is 112 Å². The summed E-state index contributed by atoms with van der Waals surface area (Å²) >= 11 is 3.67. The van der Waals surface area contributed by atoms with Gasteiger partial charge in [0.25, 0.3) is 0 Å². The lowest BCUT2D eigenvalue weighted by molar-refractivity contribution is 0.233. The summed E-state index contributed by atoms with van der Waals surface area (Å²) in [6, 6.07) is 6.41. The molecule has 17 heavy (non-hydrogen) atoms. The van der Waals surface area contributed by atoms with Gasteiger partial charge in [-0.25, -0.2) is 0 Å². The standard InChI is InChI=1S/C13H20BrN3/c1-16(2)13-5-3-4-12(14)11(13)10-17-8-6-15-7-9-17/h3-5,15H,6-10H2,1-2H3. The molecule has 0 spiro atoms. The minimum absolute atomic E-state index is 1.02. The zero-order chi connectivity index (χ0) is 12.3. The van der Waals surface area contributed by atoms with Crippen LogP contribution in [0.3, 0.4) is 0 Å². The molecule has 4 heteroatoms. The van der Waals surface area contributed by atoms with Gasteiger partial charge in [-0.3, -0.25) is 4.90 Å². The van der Waals surface area contributed by atoms with Crippen molar-refractivity contribution in [3.8, 4) is 0 Å². The Morgan fingerprint density at radius 2 is 2.00 bits per heavy atom. The maximum Gasteiger partial charge on any atom is 0.0418 e. The van der Waals surface area contributed by atoms with Gasteiger partial charge in [0.15, 0.2) is 0 Å². The highest BCUT2D eigenvalue weighted by Crippen LogP contribution is 2.28. The van der Waals surface area contributed by atoms with Crippen molar-refractivity contribution in [1.29, 1.82) is 0 Å². The molecular formula is C13H20BrN3. The average molecular weight is 298 g/mol. The van der Waals surface area contributed by atoms with Gasteiger partial charge in [0.1, 0.15) is 0 Å². The monoisotopic (exact) mass is 297 g/mol. The molecule has 0 aliphatic carbocycles.